The lowest BCUT2D eigenvalue weighted by Crippen LogP contribution is -2.49. The molecule has 0 spiro atoms. The fraction of sp³-hybridized carbons (Fsp3) is 0.476. The van der Waals surface area contributed by atoms with Gasteiger partial charge in [-0.25, -0.2) is 42.1 Å². The van der Waals surface area contributed by atoms with Crippen LogP contribution in [0.5, 0.6) is 0 Å². The number of nitrogens with zero attached hydrogens (tertiary/aromatic N) is 7. The number of hydrogen-bond acceptors (Lipinski definition) is 15. The molecule has 3 fully saturated rings. The van der Waals surface area contributed by atoms with Gasteiger partial charge in [-0.3, -0.25) is 9.13 Å². The van der Waals surface area contributed by atoms with Crippen LogP contribution >= 0.6 is 0 Å². The van der Waals surface area contributed by atoms with E-state index >= 15 is 8.78 Å². The molecule has 236 valence electrons. The Labute approximate surface area is 246 Å². The van der Waals surface area contributed by atoms with E-state index in [-0.39, 0.29) is 33.8 Å². The summed E-state index contributed by atoms with van der Waals surface area (Å²) in [5.74, 6) is 0.00405. The van der Waals surface area contributed by atoms with Gasteiger partial charge < -0.3 is 20.9 Å². The third-order valence-electron chi connectivity index (χ3n) is 7.36. The molecule has 4 aromatic heterocycles. The zero-order valence-electron chi connectivity index (χ0n) is 22.0. The van der Waals surface area contributed by atoms with E-state index in [4.69, 9.17) is 29.3 Å². The van der Waals surface area contributed by atoms with Gasteiger partial charge in [0.1, 0.15) is 41.8 Å². The van der Waals surface area contributed by atoms with Crippen molar-refractivity contribution in [3.8, 4) is 0 Å². The predicted octanol–water partition coefficient (Wildman–Crippen LogP) is -1.64. The molecule has 19 nitrogen and oxygen atoms in total. The van der Waals surface area contributed by atoms with Crippen LogP contribution < -0.4 is 20.9 Å². The summed E-state index contributed by atoms with van der Waals surface area (Å²) in [5.41, 5.74) is 12.5. The van der Waals surface area contributed by atoms with E-state index in [1.165, 1.54) is 23.2 Å². The van der Waals surface area contributed by atoms with Gasteiger partial charge in [0.2, 0.25) is 0 Å². The largest absolute Gasteiger partial charge is 0.397 e. The van der Waals surface area contributed by atoms with Crippen molar-refractivity contribution in [3.05, 3.63) is 31.2 Å². The van der Waals surface area contributed by atoms with Crippen molar-refractivity contribution in [2.45, 2.75) is 49.2 Å². The van der Waals surface area contributed by atoms with Gasteiger partial charge in [-0.1, -0.05) is 0 Å². The van der Waals surface area contributed by atoms with Crippen molar-refractivity contribution in [3.63, 3.8) is 0 Å². The Bertz CT molecular complexity index is 1820. The van der Waals surface area contributed by atoms with E-state index in [9.17, 15) is 16.8 Å². The lowest BCUT2D eigenvalue weighted by Gasteiger charge is -2.24. The maximum Gasteiger partial charge on any atom is 0.336 e. The van der Waals surface area contributed by atoms with Crippen LogP contribution in [-0.4, -0.2) is 101 Å². The summed E-state index contributed by atoms with van der Waals surface area (Å²) in [4.78, 5) is 20.1. The monoisotopic (exact) mass is 659 g/mol. The molecule has 3 aliphatic rings. The van der Waals surface area contributed by atoms with E-state index in [0.717, 1.165) is 17.2 Å². The highest BCUT2D eigenvalue weighted by atomic mass is 32.2. The number of aromatic nitrogens is 7. The number of fused-ring (bicyclic) bond motifs is 4. The fourth-order valence-electron chi connectivity index (χ4n) is 5.32. The van der Waals surface area contributed by atoms with Crippen LogP contribution in [0, 0.1) is 0 Å². The van der Waals surface area contributed by atoms with Gasteiger partial charge in [0.25, 0.3) is 0 Å². The Morgan fingerprint density at radius 3 is 1.86 bits per heavy atom. The highest BCUT2D eigenvalue weighted by Crippen LogP contribution is 2.38. The number of nitrogens with two attached hydrogens (primary N) is 2. The predicted molar refractivity (Wildman–Crippen MR) is 143 cm³/mol. The van der Waals surface area contributed by atoms with E-state index < -0.39 is 82.9 Å². The van der Waals surface area contributed by atoms with Crippen LogP contribution in [0.2, 0.25) is 0 Å². The Kier molecular flexibility index (Phi) is 6.89. The topological polar surface area (TPSA) is 256 Å². The minimum absolute atomic E-state index is 0.00405. The average Bonchev–Trinajstić information content (AvgIpc) is 3.73. The molecular formula is C21H23F2N11O8S2. The molecule has 8 unspecified atom stereocenters. The van der Waals surface area contributed by atoms with Gasteiger partial charge in [-0.15, -0.1) is 0 Å². The summed E-state index contributed by atoms with van der Waals surface area (Å²) in [5, 5.41) is 0. The Balaban J connectivity index is 1.17. The van der Waals surface area contributed by atoms with Crippen molar-refractivity contribution in [2.75, 3.05) is 24.6 Å². The van der Waals surface area contributed by atoms with Crippen molar-refractivity contribution >= 4 is 54.4 Å². The van der Waals surface area contributed by atoms with Crippen LogP contribution in [0.15, 0.2) is 31.2 Å². The van der Waals surface area contributed by atoms with Crippen LogP contribution in [0.4, 0.5) is 20.3 Å². The molecule has 7 rings (SSSR count). The lowest BCUT2D eigenvalue weighted by atomic mass is 10.1. The first kappa shape index (κ1) is 29.0. The number of halogens is 2. The molecule has 0 aromatic carbocycles. The molecule has 23 heteroatoms. The molecule has 4 aromatic rings. The standard InChI is InChI=1S/C21H23F2N11O8S2/c22-11-15-9(39-20(11)33-6-29-13-8(24)1-2-26-18(13)33)3-31-44(37,38)42-16-10(4-32-43(35,36)41-15)40-21(12(16)23)34-7-30-14-17(25)27-5-28-19(14)34/h1-2,5-7,9-12,15-16,20-21,31-32H,3-4H2,(H2,24,26)(H2,25,27,28). The smallest absolute Gasteiger partial charge is 0.336 e. The lowest BCUT2D eigenvalue weighted by molar-refractivity contribution is -0.0214. The quantitative estimate of drug-likeness (QED) is 0.188. The second kappa shape index (κ2) is 10.4. The molecule has 44 heavy (non-hydrogen) atoms. The minimum Gasteiger partial charge on any atom is -0.397 e. The Morgan fingerprint density at radius 2 is 1.30 bits per heavy atom. The number of nitrogens with one attached hydrogen (secondary N) is 2. The van der Waals surface area contributed by atoms with Crippen LogP contribution in [0.25, 0.3) is 22.3 Å². The molecule has 3 aliphatic heterocycles. The van der Waals surface area contributed by atoms with Crippen molar-refractivity contribution in [2.24, 2.45) is 0 Å². The first-order chi connectivity index (χ1) is 20.9. The summed E-state index contributed by atoms with van der Waals surface area (Å²) in [6.07, 6.45) is -9.32. The van der Waals surface area contributed by atoms with Gasteiger partial charge in [0, 0.05) is 19.3 Å². The summed E-state index contributed by atoms with van der Waals surface area (Å²) in [6.45, 7) is -1.44. The van der Waals surface area contributed by atoms with E-state index in [2.05, 4.69) is 34.4 Å². The molecule has 0 aliphatic carbocycles. The molecule has 0 radical (unpaired) electrons. The number of alkyl halides is 2. The minimum atomic E-state index is -4.76. The molecule has 3 saturated heterocycles. The van der Waals surface area contributed by atoms with Crippen LogP contribution in [0.1, 0.15) is 12.5 Å². The van der Waals surface area contributed by atoms with Crippen LogP contribution in [-0.2, 0) is 38.4 Å². The second-order valence-corrected chi connectivity index (χ2v) is 12.8. The molecular weight excluding hydrogens is 636 g/mol. The number of imidazole rings is 2. The Morgan fingerprint density at radius 1 is 0.773 bits per heavy atom. The fourth-order valence-corrected chi connectivity index (χ4v) is 7.24. The van der Waals surface area contributed by atoms with Gasteiger partial charge in [-0.05, 0) is 6.07 Å². The summed E-state index contributed by atoms with van der Waals surface area (Å²) in [6, 6.07) is 1.48. The summed E-state index contributed by atoms with van der Waals surface area (Å²) in [7, 11) is -9.52. The normalized spacial score (nSPS) is 33.9. The average molecular weight is 660 g/mol. The number of rotatable bonds is 2. The number of pyridine rings is 1. The van der Waals surface area contributed by atoms with E-state index in [1.54, 1.807) is 0 Å². The summed E-state index contributed by atoms with van der Waals surface area (Å²) < 4.78 is 112. The van der Waals surface area contributed by atoms with Gasteiger partial charge in [0.15, 0.2) is 41.9 Å². The maximum atomic E-state index is 15.9. The first-order valence-electron chi connectivity index (χ1n) is 12.9. The van der Waals surface area contributed by atoms with Crippen molar-refractivity contribution < 1.29 is 43.5 Å². The van der Waals surface area contributed by atoms with Crippen molar-refractivity contribution in [1.82, 2.24) is 43.5 Å². The van der Waals surface area contributed by atoms with Gasteiger partial charge in [-0.2, -0.15) is 26.3 Å². The van der Waals surface area contributed by atoms with Crippen molar-refractivity contribution in [1.29, 1.82) is 0 Å². The molecule has 6 N–H and O–H groups in total. The van der Waals surface area contributed by atoms with Gasteiger partial charge >= 0.3 is 20.6 Å². The van der Waals surface area contributed by atoms with Gasteiger partial charge in [0.05, 0.1) is 18.3 Å². The number of ether oxygens (including phenoxy) is 2. The van der Waals surface area contributed by atoms with Crippen LogP contribution in [0.3, 0.4) is 0 Å². The number of hydrogen-bond donors (Lipinski definition) is 4. The Hall–Kier alpha value is -3.71. The third-order valence-corrected chi connectivity index (χ3v) is 9.35. The maximum absolute atomic E-state index is 15.9. The highest BCUT2D eigenvalue weighted by molar-refractivity contribution is 7.85. The highest BCUT2D eigenvalue weighted by Gasteiger charge is 2.53. The molecule has 0 bridgehead atoms. The molecule has 0 amide bonds. The molecule has 7 heterocycles. The zero-order chi connectivity index (χ0) is 31.0. The number of nitrogen functional groups attached to an aromatic ring is 2. The zero-order valence-corrected chi connectivity index (χ0v) is 23.7. The second-order valence-electron chi connectivity index (χ2n) is 10.1. The van der Waals surface area contributed by atoms with E-state index in [0.29, 0.717) is 0 Å². The third kappa shape index (κ3) is 4.90. The molecule has 8 atom stereocenters. The first-order valence-corrected chi connectivity index (χ1v) is 15.7. The summed E-state index contributed by atoms with van der Waals surface area (Å²) >= 11 is 0. The number of anilines is 2. The van der Waals surface area contributed by atoms with E-state index in [1.807, 2.05) is 0 Å². The SMILES string of the molecule is Nc1ccnc2c1ncn2C1OC2CNS(=O)(=O)OC3C(CNS(=O)(=O)OC2C1F)OC(n1cnc2c(N)ncnc21)C3F. The molecule has 0 saturated carbocycles.